The molecule has 0 aliphatic heterocycles. The minimum absolute atomic E-state index is 0.0359. The molecule has 7 heteroatoms. The number of para-hydroxylation sites is 1. The summed E-state index contributed by atoms with van der Waals surface area (Å²) >= 11 is 1.27. The number of rotatable bonds is 6. The van der Waals surface area contributed by atoms with Gasteiger partial charge in [-0.2, -0.15) is 0 Å². The molecule has 0 saturated heterocycles. The molecule has 2 aromatic carbocycles. The molecule has 0 bridgehead atoms. The highest BCUT2D eigenvalue weighted by atomic mass is 32.2. The van der Waals surface area contributed by atoms with E-state index in [2.05, 4.69) is 10.3 Å². The van der Waals surface area contributed by atoms with E-state index in [0.29, 0.717) is 33.5 Å². The van der Waals surface area contributed by atoms with Crippen LogP contribution in [0.5, 0.6) is 5.75 Å². The SMILES string of the molecule is COc1ccc(-n2c(SCC(=O)NC3CC3)nc3ccccc3c2=O)cc1. The van der Waals surface area contributed by atoms with Crippen molar-refractivity contribution in [3.8, 4) is 11.4 Å². The number of carbonyl (C=O) groups is 1. The second-order valence-corrected chi connectivity index (χ2v) is 7.32. The summed E-state index contributed by atoms with van der Waals surface area (Å²) in [5.74, 6) is 0.891. The van der Waals surface area contributed by atoms with E-state index in [1.165, 1.54) is 11.8 Å². The number of benzene rings is 2. The third-order valence-corrected chi connectivity index (χ3v) is 5.29. The average Bonchev–Trinajstić information content (AvgIpc) is 3.51. The average molecular weight is 381 g/mol. The second kappa shape index (κ2) is 7.44. The fourth-order valence-electron chi connectivity index (χ4n) is 2.80. The summed E-state index contributed by atoms with van der Waals surface area (Å²) in [6.45, 7) is 0. The van der Waals surface area contributed by atoms with E-state index in [-0.39, 0.29) is 17.2 Å². The van der Waals surface area contributed by atoms with Crippen molar-refractivity contribution in [3.05, 3.63) is 58.9 Å². The smallest absolute Gasteiger partial charge is 0.266 e. The van der Waals surface area contributed by atoms with Gasteiger partial charge >= 0.3 is 0 Å². The fraction of sp³-hybridized carbons (Fsp3) is 0.250. The summed E-state index contributed by atoms with van der Waals surface area (Å²) in [4.78, 5) is 29.8. The Kier molecular flexibility index (Phi) is 4.85. The first-order valence-electron chi connectivity index (χ1n) is 8.74. The molecule has 1 aliphatic carbocycles. The van der Waals surface area contributed by atoms with E-state index in [1.807, 2.05) is 30.3 Å². The number of aromatic nitrogens is 2. The third-order valence-electron chi connectivity index (χ3n) is 4.35. The fourth-order valence-corrected chi connectivity index (χ4v) is 3.62. The van der Waals surface area contributed by atoms with Crippen LogP contribution in [0.1, 0.15) is 12.8 Å². The van der Waals surface area contributed by atoms with E-state index < -0.39 is 0 Å². The molecule has 1 amide bonds. The van der Waals surface area contributed by atoms with Crippen LogP contribution in [0.3, 0.4) is 0 Å². The number of nitrogens with one attached hydrogen (secondary N) is 1. The first-order valence-corrected chi connectivity index (χ1v) is 9.72. The topological polar surface area (TPSA) is 73.2 Å². The molecule has 0 unspecified atom stereocenters. The van der Waals surface area contributed by atoms with Gasteiger partial charge < -0.3 is 10.1 Å². The molecule has 1 saturated carbocycles. The zero-order valence-electron chi connectivity index (χ0n) is 14.8. The van der Waals surface area contributed by atoms with Crippen LogP contribution in [0.25, 0.3) is 16.6 Å². The zero-order valence-corrected chi connectivity index (χ0v) is 15.7. The lowest BCUT2D eigenvalue weighted by Crippen LogP contribution is -2.28. The molecule has 6 nitrogen and oxygen atoms in total. The van der Waals surface area contributed by atoms with E-state index in [4.69, 9.17) is 4.74 Å². The monoisotopic (exact) mass is 381 g/mol. The van der Waals surface area contributed by atoms with Gasteiger partial charge in [-0.15, -0.1) is 0 Å². The van der Waals surface area contributed by atoms with Crippen molar-refractivity contribution in [3.63, 3.8) is 0 Å². The number of carbonyl (C=O) groups excluding carboxylic acids is 1. The highest BCUT2D eigenvalue weighted by molar-refractivity contribution is 7.99. The van der Waals surface area contributed by atoms with Crippen molar-refractivity contribution in [1.82, 2.24) is 14.9 Å². The molecule has 27 heavy (non-hydrogen) atoms. The normalized spacial score (nSPS) is 13.5. The number of hydrogen-bond acceptors (Lipinski definition) is 5. The summed E-state index contributed by atoms with van der Waals surface area (Å²) in [7, 11) is 1.60. The van der Waals surface area contributed by atoms with Gasteiger partial charge in [0.05, 0.1) is 29.5 Å². The van der Waals surface area contributed by atoms with E-state index in [0.717, 1.165) is 12.8 Å². The Balaban J connectivity index is 1.74. The summed E-state index contributed by atoms with van der Waals surface area (Å²) in [6, 6.07) is 14.8. The molecule has 1 aliphatic rings. The summed E-state index contributed by atoms with van der Waals surface area (Å²) in [6.07, 6.45) is 2.09. The minimum Gasteiger partial charge on any atom is -0.497 e. The lowest BCUT2D eigenvalue weighted by Gasteiger charge is -2.13. The Labute approximate surface area is 160 Å². The van der Waals surface area contributed by atoms with Crippen LogP contribution in [0.2, 0.25) is 0 Å². The van der Waals surface area contributed by atoms with E-state index >= 15 is 0 Å². The van der Waals surface area contributed by atoms with Crippen LogP contribution in [0, 0.1) is 0 Å². The second-order valence-electron chi connectivity index (χ2n) is 6.38. The van der Waals surface area contributed by atoms with Gasteiger partial charge in [0.15, 0.2) is 5.16 Å². The molecule has 1 aromatic heterocycles. The summed E-state index contributed by atoms with van der Waals surface area (Å²) in [5.41, 5.74) is 1.15. The number of thioether (sulfide) groups is 1. The van der Waals surface area contributed by atoms with Crippen LogP contribution in [-0.4, -0.2) is 34.4 Å². The molecule has 138 valence electrons. The first-order chi connectivity index (χ1) is 13.2. The van der Waals surface area contributed by atoms with E-state index in [9.17, 15) is 9.59 Å². The molecular formula is C20H19N3O3S. The highest BCUT2D eigenvalue weighted by Crippen LogP contribution is 2.23. The molecule has 0 spiro atoms. The highest BCUT2D eigenvalue weighted by Gasteiger charge is 2.23. The van der Waals surface area contributed by atoms with Gasteiger partial charge in [-0.25, -0.2) is 4.98 Å². The third kappa shape index (κ3) is 3.83. The van der Waals surface area contributed by atoms with Gasteiger partial charge in [0.25, 0.3) is 5.56 Å². The van der Waals surface area contributed by atoms with Crippen molar-refractivity contribution in [2.75, 3.05) is 12.9 Å². The lowest BCUT2D eigenvalue weighted by atomic mass is 10.2. The predicted molar refractivity (Wildman–Crippen MR) is 106 cm³/mol. The van der Waals surface area contributed by atoms with Gasteiger partial charge in [-0.05, 0) is 49.2 Å². The lowest BCUT2D eigenvalue weighted by molar-refractivity contribution is -0.118. The Bertz CT molecular complexity index is 1040. The molecule has 1 N–H and O–H groups in total. The Morgan fingerprint density at radius 2 is 1.96 bits per heavy atom. The van der Waals surface area contributed by atoms with Crippen molar-refractivity contribution in [2.45, 2.75) is 24.0 Å². The molecular weight excluding hydrogens is 362 g/mol. The van der Waals surface area contributed by atoms with Crippen LogP contribution < -0.4 is 15.6 Å². The number of nitrogens with zero attached hydrogens (tertiary/aromatic N) is 2. The Morgan fingerprint density at radius 3 is 2.67 bits per heavy atom. The van der Waals surface area contributed by atoms with Crippen molar-refractivity contribution < 1.29 is 9.53 Å². The quantitative estimate of drug-likeness (QED) is 0.525. The predicted octanol–water partition coefficient (Wildman–Crippen LogP) is 2.77. The Hall–Kier alpha value is -2.80. The molecule has 3 aromatic rings. The standard InChI is InChI=1S/C20H19N3O3S/c1-26-15-10-8-14(9-11-15)23-19(25)16-4-2-3-5-17(16)22-20(23)27-12-18(24)21-13-6-7-13/h2-5,8-11,13H,6-7,12H2,1H3,(H,21,24). The Morgan fingerprint density at radius 1 is 1.22 bits per heavy atom. The van der Waals surface area contributed by atoms with Gasteiger partial charge in [0.1, 0.15) is 5.75 Å². The maximum absolute atomic E-state index is 13.1. The van der Waals surface area contributed by atoms with Gasteiger partial charge in [-0.1, -0.05) is 23.9 Å². The van der Waals surface area contributed by atoms with E-state index in [1.54, 1.807) is 29.9 Å². The van der Waals surface area contributed by atoms with Crippen LogP contribution >= 0.6 is 11.8 Å². The van der Waals surface area contributed by atoms with Crippen LogP contribution in [0.15, 0.2) is 58.5 Å². The number of hydrogen-bond donors (Lipinski definition) is 1. The molecule has 1 fully saturated rings. The number of methoxy groups -OCH3 is 1. The molecule has 0 atom stereocenters. The summed E-state index contributed by atoms with van der Waals surface area (Å²) < 4.78 is 6.75. The van der Waals surface area contributed by atoms with Crippen molar-refractivity contribution in [2.24, 2.45) is 0 Å². The number of amides is 1. The van der Waals surface area contributed by atoms with Crippen molar-refractivity contribution in [1.29, 1.82) is 0 Å². The van der Waals surface area contributed by atoms with Crippen LogP contribution in [0.4, 0.5) is 0 Å². The maximum Gasteiger partial charge on any atom is 0.266 e. The molecule has 0 radical (unpaired) electrons. The van der Waals surface area contributed by atoms with Crippen LogP contribution in [-0.2, 0) is 4.79 Å². The minimum atomic E-state index is -0.157. The maximum atomic E-state index is 13.1. The van der Waals surface area contributed by atoms with Gasteiger partial charge in [-0.3, -0.25) is 14.2 Å². The molecule has 1 heterocycles. The van der Waals surface area contributed by atoms with Crippen molar-refractivity contribution >= 4 is 28.6 Å². The molecule has 4 rings (SSSR count). The summed E-state index contributed by atoms with van der Waals surface area (Å²) in [5, 5.41) is 4.00. The zero-order chi connectivity index (χ0) is 18.8. The first kappa shape index (κ1) is 17.6. The number of ether oxygens (including phenoxy) is 1. The van der Waals surface area contributed by atoms with Gasteiger partial charge in [0.2, 0.25) is 5.91 Å². The largest absolute Gasteiger partial charge is 0.497 e. The van der Waals surface area contributed by atoms with Gasteiger partial charge in [0, 0.05) is 6.04 Å². The number of fused-ring (bicyclic) bond motifs is 1.